The Hall–Kier alpha value is -1.06. The Bertz CT molecular complexity index is 272. The topological polar surface area (TPSA) is 49.4 Å². The number of carbonyl (C=O) groups excluding carboxylic acids is 2. The van der Waals surface area contributed by atoms with Gasteiger partial charge in [0.25, 0.3) is 0 Å². The molecule has 1 fully saturated rings. The summed E-state index contributed by atoms with van der Waals surface area (Å²) in [6, 6.07) is 0.123. The SMILES string of the molecule is CC(C)NC(=O)CN1C(=O)CCC1(C)C. The van der Waals surface area contributed by atoms with E-state index >= 15 is 0 Å². The second-order valence-electron chi connectivity index (χ2n) is 5.01. The number of nitrogens with one attached hydrogen (secondary N) is 1. The highest BCUT2D eigenvalue weighted by Crippen LogP contribution is 2.28. The Morgan fingerprint density at radius 2 is 2.13 bits per heavy atom. The summed E-state index contributed by atoms with van der Waals surface area (Å²) in [6.45, 7) is 8.01. The minimum atomic E-state index is -0.175. The third-order valence-electron chi connectivity index (χ3n) is 2.73. The van der Waals surface area contributed by atoms with Gasteiger partial charge in [-0.3, -0.25) is 9.59 Å². The van der Waals surface area contributed by atoms with Crippen LogP contribution in [0.2, 0.25) is 0 Å². The van der Waals surface area contributed by atoms with Crippen molar-refractivity contribution in [3.63, 3.8) is 0 Å². The first kappa shape index (κ1) is 12.0. The molecule has 0 aromatic carbocycles. The van der Waals surface area contributed by atoms with Crippen LogP contribution in [0.5, 0.6) is 0 Å². The molecule has 2 amide bonds. The fourth-order valence-electron chi connectivity index (χ4n) is 1.83. The van der Waals surface area contributed by atoms with Gasteiger partial charge in [-0.25, -0.2) is 0 Å². The van der Waals surface area contributed by atoms with E-state index in [0.29, 0.717) is 6.42 Å². The van der Waals surface area contributed by atoms with E-state index in [0.717, 1.165) is 6.42 Å². The Kier molecular flexibility index (Phi) is 3.37. The number of hydrogen-bond donors (Lipinski definition) is 1. The van der Waals surface area contributed by atoms with Crippen LogP contribution in [0.3, 0.4) is 0 Å². The Morgan fingerprint density at radius 1 is 1.53 bits per heavy atom. The van der Waals surface area contributed by atoms with Gasteiger partial charge in [0.1, 0.15) is 6.54 Å². The number of amides is 2. The third kappa shape index (κ3) is 2.94. The van der Waals surface area contributed by atoms with Crippen molar-refractivity contribution < 1.29 is 9.59 Å². The van der Waals surface area contributed by atoms with Crippen LogP contribution < -0.4 is 5.32 Å². The van der Waals surface area contributed by atoms with Crippen molar-refractivity contribution in [2.24, 2.45) is 0 Å². The average molecular weight is 212 g/mol. The normalized spacial score (nSPS) is 19.8. The summed E-state index contributed by atoms with van der Waals surface area (Å²) >= 11 is 0. The second kappa shape index (κ2) is 4.21. The highest BCUT2D eigenvalue weighted by atomic mass is 16.2. The number of likely N-dealkylation sites (tertiary alicyclic amines) is 1. The second-order valence-corrected chi connectivity index (χ2v) is 5.01. The molecule has 1 aliphatic heterocycles. The molecule has 0 spiro atoms. The lowest BCUT2D eigenvalue weighted by Crippen LogP contribution is -2.47. The van der Waals surface area contributed by atoms with Crippen molar-refractivity contribution >= 4 is 11.8 Å². The largest absolute Gasteiger partial charge is 0.352 e. The number of rotatable bonds is 3. The number of nitrogens with zero attached hydrogens (tertiary/aromatic N) is 1. The van der Waals surface area contributed by atoms with Gasteiger partial charge in [-0.1, -0.05) is 0 Å². The first-order chi connectivity index (χ1) is 6.83. The van der Waals surface area contributed by atoms with Crippen LogP contribution in [0, 0.1) is 0 Å². The summed E-state index contributed by atoms with van der Waals surface area (Å²) in [5, 5.41) is 2.80. The summed E-state index contributed by atoms with van der Waals surface area (Å²) in [5.74, 6) is 0.00670. The molecule has 0 bridgehead atoms. The molecule has 0 aromatic rings. The van der Waals surface area contributed by atoms with Crippen LogP contribution in [-0.4, -0.2) is 34.8 Å². The summed E-state index contributed by atoms with van der Waals surface area (Å²) < 4.78 is 0. The zero-order valence-corrected chi connectivity index (χ0v) is 9.96. The van der Waals surface area contributed by atoms with Gasteiger partial charge in [0.15, 0.2) is 0 Å². The lowest BCUT2D eigenvalue weighted by molar-refractivity contribution is -0.136. The van der Waals surface area contributed by atoms with Gasteiger partial charge >= 0.3 is 0 Å². The van der Waals surface area contributed by atoms with Crippen LogP contribution in [0.1, 0.15) is 40.5 Å². The quantitative estimate of drug-likeness (QED) is 0.756. The minimum Gasteiger partial charge on any atom is -0.352 e. The van der Waals surface area contributed by atoms with Gasteiger partial charge in [0, 0.05) is 18.0 Å². The number of carbonyl (C=O) groups is 2. The van der Waals surface area contributed by atoms with Crippen LogP contribution in [-0.2, 0) is 9.59 Å². The molecule has 4 heteroatoms. The van der Waals surface area contributed by atoms with Gasteiger partial charge in [0.05, 0.1) is 0 Å². The third-order valence-corrected chi connectivity index (χ3v) is 2.73. The molecule has 1 aliphatic rings. The van der Waals surface area contributed by atoms with Crippen LogP contribution in [0.4, 0.5) is 0 Å². The summed E-state index contributed by atoms with van der Waals surface area (Å²) in [4.78, 5) is 24.8. The van der Waals surface area contributed by atoms with Gasteiger partial charge in [0.2, 0.25) is 11.8 Å². The zero-order valence-electron chi connectivity index (χ0n) is 9.96. The van der Waals surface area contributed by atoms with Crippen molar-refractivity contribution in [2.45, 2.75) is 52.1 Å². The van der Waals surface area contributed by atoms with Crippen LogP contribution >= 0.6 is 0 Å². The molecule has 4 nitrogen and oxygen atoms in total. The molecule has 15 heavy (non-hydrogen) atoms. The summed E-state index contributed by atoms with van der Waals surface area (Å²) in [5.41, 5.74) is -0.175. The molecular formula is C11H20N2O2. The fourth-order valence-corrected chi connectivity index (χ4v) is 1.83. The molecular weight excluding hydrogens is 192 g/mol. The van der Waals surface area contributed by atoms with E-state index in [1.807, 2.05) is 27.7 Å². The highest BCUT2D eigenvalue weighted by Gasteiger charge is 2.38. The predicted octanol–water partition coefficient (Wildman–Crippen LogP) is 0.912. The smallest absolute Gasteiger partial charge is 0.239 e. The van der Waals surface area contributed by atoms with Gasteiger partial charge < -0.3 is 10.2 Å². The van der Waals surface area contributed by atoms with E-state index in [4.69, 9.17) is 0 Å². The van der Waals surface area contributed by atoms with Crippen molar-refractivity contribution in [3.8, 4) is 0 Å². The molecule has 0 radical (unpaired) electrons. The van der Waals surface area contributed by atoms with E-state index in [2.05, 4.69) is 5.32 Å². The van der Waals surface area contributed by atoms with Crippen molar-refractivity contribution in [2.75, 3.05) is 6.54 Å². The van der Waals surface area contributed by atoms with Crippen molar-refractivity contribution in [3.05, 3.63) is 0 Å². The molecule has 0 unspecified atom stereocenters. The maximum Gasteiger partial charge on any atom is 0.239 e. The lowest BCUT2D eigenvalue weighted by atomic mass is 10.0. The lowest BCUT2D eigenvalue weighted by Gasteiger charge is -2.31. The first-order valence-corrected chi connectivity index (χ1v) is 5.43. The molecule has 1 heterocycles. The summed E-state index contributed by atoms with van der Waals surface area (Å²) in [6.07, 6.45) is 1.39. The maximum absolute atomic E-state index is 11.6. The predicted molar refractivity (Wildman–Crippen MR) is 58.3 cm³/mol. The molecule has 86 valence electrons. The maximum atomic E-state index is 11.6. The van der Waals surface area contributed by atoms with Crippen LogP contribution in [0.25, 0.3) is 0 Å². The monoisotopic (exact) mass is 212 g/mol. The van der Waals surface area contributed by atoms with E-state index in [1.54, 1.807) is 4.90 Å². The minimum absolute atomic E-state index is 0.0756. The van der Waals surface area contributed by atoms with Crippen molar-refractivity contribution in [1.29, 1.82) is 0 Å². The van der Waals surface area contributed by atoms with Gasteiger partial charge in [-0.2, -0.15) is 0 Å². The van der Waals surface area contributed by atoms with E-state index in [-0.39, 0.29) is 29.9 Å². The molecule has 0 saturated carbocycles. The highest BCUT2D eigenvalue weighted by molar-refractivity contribution is 5.86. The van der Waals surface area contributed by atoms with Gasteiger partial charge in [-0.15, -0.1) is 0 Å². The average Bonchev–Trinajstić information content (AvgIpc) is 2.30. The standard InChI is InChI=1S/C11H20N2O2/c1-8(2)12-9(14)7-13-10(15)5-6-11(13,3)4/h8H,5-7H2,1-4H3,(H,12,14). The molecule has 1 saturated heterocycles. The molecule has 1 rings (SSSR count). The molecule has 1 N–H and O–H groups in total. The molecule has 0 aromatic heterocycles. The fraction of sp³-hybridized carbons (Fsp3) is 0.818. The van der Waals surface area contributed by atoms with E-state index in [9.17, 15) is 9.59 Å². The van der Waals surface area contributed by atoms with Crippen molar-refractivity contribution in [1.82, 2.24) is 10.2 Å². The van der Waals surface area contributed by atoms with E-state index < -0.39 is 0 Å². The first-order valence-electron chi connectivity index (χ1n) is 5.43. The summed E-state index contributed by atoms with van der Waals surface area (Å²) in [7, 11) is 0. The van der Waals surface area contributed by atoms with Crippen LogP contribution in [0.15, 0.2) is 0 Å². The van der Waals surface area contributed by atoms with Gasteiger partial charge in [-0.05, 0) is 34.1 Å². The molecule has 0 atom stereocenters. The Labute approximate surface area is 91.0 Å². The Morgan fingerprint density at radius 3 is 2.53 bits per heavy atom. The Balaban J connectivity index is 2.57. The molecule has 0 aliphatic carbocycles. The number of hydrogen-bond acceptors (Lipinski definition) is 2. The van der Waals surface area contributed by atoms with E-state index in [1.165, 1.54) is 0 Å². The zero-order chi connectivity index (χ0) is 11.6.